The van der Waals surface area contributed by atoms with E-state index >= 15 is 0 Å². The number of aromatic nitrogens is 2. The SMILES string of the molecule is CNCC(C)S(=O)(=O)NCCc1ncno1. The molecule has 1 atom stereocenters. The molecule has 1 unspecified atom stereocenters. The molecule has 7 nitrogen and oxygen atoms in total. The van der Waals surface area contributed by atoms with E-state index in [-0.39, 0.29) is 6.54 Å². The van der Waals surface area contributed by atoms with Gasteiger partial charge in [-0.1, -0.05) is 5.16 Å². The van der Waals surface area contributed by atoms with Gasteiger partial charge in [0, 0.05) is 19.5 Å². The van der Waals surface area contributed by atoms with Gasteiger partial charge in [0.15, 0.2) is 6.33 Å². The third-order valence-electron chi connectivity index (χ3n) is 2.07. The highest BCUT2D eigenvalue weighted by Gasteiger charge is 2.19. The smallest absolute Gasteiger partial charge is 0.227 e. The summed E-state index contributed by atoms with van der Waals surface area (Å²) < 4.78 is 30.5. The first-order chi connectivity index (χ1) is 7.56. The second-order valence-corrected chi connectivity index (χ2v) is 5.58. The largest absolute Gasteiger partial charge is 0.340 e. The van der Waals surface area contributed by atoms with Gasteiger partial charge in [0.1, 0.15) is 0 Å². The van der Waals surface area contributed by atoms with Crippen LogP contribution in [0.15, 0.2) is 10.9 Å². The molecule has 0 fully saturated rings. The van der Waals surface area contributed by atoms with E-state index in [2.05, 4.69) is 20.2 Å². The number of hydrogen-bond acceptors (Lipinski definition) is 6. The highest BCUT2D eigenvalue weighted by Crippen LogP contribution is 1.97. The molecule has 1 heterocycles. The van der Waals surface area contributed by atoms with Crippen LogP contribution in [0.4, 0.5) is 0 Å². The van der Waals surface area contributed by atoms with E-state index in [1.165, 1.54) is 6.33 Å². The first-order valence-electron chi connectivity index (χ1n) is 4.95. The predicted molar refractivity (Wildman–Crippen MR) is 58.3 cm³/mol. The Morgan fingerprint density at radius 1 is 1.56 bits per heavy atom. The number of hydrogen-bond donors (Lipinski definition) is 2. The van der Waals surface area contributed by atoms with Crippen molar-refractivity contribution in [1.29, 1.82) is 0 Å². The lowest BCUT2D eigenvalue weighted by Gasteiger charge is -2.12. The van der Waals surface area contributed by atoms with Gasteiger partial charge in [-0.15, -0.1) is 0 Å². The fraction of sp³-hybridized carbons (Fsp3) is 0.750. The minimum Gasteiger partial charge on any atom is -0.340 e. The van der Waals surface area contributed by atoms with Gasteiger partial charge in [0.05, 0.1) is 5.25 Å². The lowest BCUT2D eigenvalue weighted by Crippen LogP contribution is -2.38. The summed E-state index contributed by atoms with van der Waals surface area (Å²) in [5, 5.41) is 5.77. The summed E-state index contributed by atoms with van der Waals surface area (Å²) in [6.45, 7) is 2.32. The van der Waals surface area contributed by atoms with E-state index in [0.717, 1.165) is 0 Å². The minimum absolute atomic E-state index is 0.262. The molecule has 1 rings (SSSR count). The average molecular weight is 248 g/mol. The molecule has 0 saturated carbocycles. The van der Waals surface area contributed by atoms with E-state index in [9.17, 15) is 8.42 Å². The van der Waals surface area contributed by atoms with Crippen molar-refractivity contribution in [1.82, 2.24) is 20.2 Å². The third kappa shape index (κ3) is 3.87. The van der Waals surface area contributed by atoms with Crippen molar-refractivity contribution in [3.8, 4) is 0 Å². The number of sulfonamides is 1. The van der Waals surface area contributed by atoms with E-state index in [4.69, 9.17) is 4.52 Å². The molecule has 0 saturated heterocycles. The summed E-state index contributed by atoms with van der Waals surface area (Å²) in [6.07, 6.45) is 1.68. The van der Waals surface area contributed by atoms with Gasteiger partial charge >= 0.3 is 0 Å². The summed E-state index contributed by atoms with van der Waals surface area (Å²) in [5.41, 5.74) is 0. The highest BCUT2D eigenvalue weighted by atomic mass is 32.2. The zero-order chi connectivity index (χ0) is 12.0. The maximum Gasteiger partial charge on any atom is 0.227 e. The minimum atomic E-state index is -3.28. The standard InChI is InChI=1S/C8H16N4O3S/c1-7(5-9-2)16(13,14)12-4-3-8-10-6-11-15-8/h6-7,9,12H,3-5H2,1-2H3. The maximum absolute atomic E-state index is 11.6. The van der Waals surface area contributed by atoms with Crippen LogP contribution in [-0.2, 0) is 16.4 Å². The van der Waals surface area contributed by atoms with Crippen molar-refractivity contribution >= 4 is 10.0 Å². The maximum atomic E-state index is 11.6. The van der Waals surface area contributed by atoms with Crippen LogP contribution in [-0.4, -0.2) is 43.9 Å². The number of nitrogens with one attached hydrogen (secondary N) is 2. The predicted octanol–water partition coefficient (Wildman–Crippen LogP) is -0.861. The summed E-state index contributed by atoms with van der Waals surface area (Å²) in [7, 11) is -1.57. The molecule has 1 aromatic rings. The molecule has 0 aromatic carbocycles. The van der Waals surface area contributed by atoms with Gasteiger partial charge < -0.3 is 9.84 Å². The van der Waals surface area contributed by atoms with Crippen molar-refractivity contribution in [2.45, 2.75) is 18.6 Å². The van der Waals surface area contributed by atoms with Gasteiger partial charge in [-0.05, 0) is 14.0 Å². The molecule has 0 spiro atoms. The van der Waals surface area contributed by atoms with Gasteiger partial charge in [-0.3, -0.25) is 0 Å². The van der Waals surface area contributed by atoms with E-state index in [0.29, 0.717) is 18.9 Å². The second kappa shape index (κ2) is 5.92. The fourth-order valence-corrected chi connectivity index (χ4v) is 2.20. The van der Waals surface area contributed by atoms with Gasteiger partial charge in [0.25, 0.3) is 0 Å². The average Bonchev–Trinajstić information content (AvgIpc) is 2.70. The molecule has 0 aliphatic carbocycles. The van der Waals surface area contributed by atoms with Crippen LogP contribution in [0, 0.1) is 0 Å². The summed E-state index contributed by atoms with van der Waals surface area (Å²) >= 11 is 0. The third-order valence-corrected chi connectivity index (χ3v) is 3.90. The quantitative estimate of drug-likeness (QED) is 0.651. The van der Waals surface area contributed by atoms with Crippen molar-refractivity contribution in [3.63, 3.8) is 0 Å². The normalized spacial score (nSPS) is 13.9. The molecular formula is C8H16N4O3S. The molecular weight excluding hydrogens is 232 g/mol. The summed E-state index contributed by atoms with van der Waals surface area (Å²) in [4.78, 5) is 3.79. The molecule has 16 heavy (non-hydrogen) atoms. The highest BCUT2D eigenvalue weighted by molar-refractivity contribution is 7.90. The van der Waals surface area contributed by atoms with Crippen LogP contribution >= 0.6 is 0 Å². The summed E-state index contributed by atoms with van der Waals surface area (Å²) in [5.74, 6) is 0.420. The topological polar surface area (TPSA) is 97.1 Å². The van der Waals surface area contributed by atoms with Gasteiger partial charge in [-0.2, -0.15) is 4.98 Å². The number of rotatable bonds is 7. The van der Waals surface area contributed by atoms with Gasteiger partial charge in [-0.25, -0.2) is 13.1 Å². The van der Waals surface area contributed by atoms with Crippen molar-refractivity contribution in [2.75, 3.05) is 20.1 Å². The van der Waals surface area contributed by atoms with Crippen LogP contribution in [0.1, 0.15) is 12.8 Å². The van der Waals surface area contributed by atoms with E-state index in [1.54, 1.807) is 14.0 Å². The lowest BCUT2D eigenvalue weighted by molar-refractivity contribution is 0.377. The molecule has 0 aliphatic rings. The van der Waals surface area contributed by atoms with Crippen molar-refractivity contribution in [2.24, 2.45) is 0 Å². The molecule has 2 N–H and O–H groups in total. The molecule has 1 aromatic heterocycles. The fourth-order valence-electron chi connectivity index (χ4n) is 1.15. The van der Waals surface area contributed by atoms with Crippen LogP contribution in [0.25, 0.3) is 0 Å². The Morgan fingerprint density at radius 3 is 2.88 bits per heavy atom. The lowest BCUT2D eigenvalue weighted by atomic mass is 10.4. The van der Waals surface area contributed by atoms with Crippen LogP contribution in [0.2, 0.25) is 0 Å². The van der Waals surface area contributed by atoms with Crippen LogP contribution < -0.4 is 10.0 Å². The first-order valence-corrected chi connectivity index (χ1v) is 6.49. The molecule has 92 valence electrons. The molecule has 0 bridgehead atoms. The van der Waals surface area contributed by atoms with Crippen LogP contribution in [0.5, 0.6) is 0 Å². The number of nitrogens with zero attached hydrogens (tertiary/aromatic N) is 2. The molecule has 0 radical (unpaired) electrons. The monoisotopic (exact) mass is 248 g/mol. The first kappa shape index (κ1) is 13.1. The Bertz CT molecular complexity index is 389. The zero-order valence-electron chi connectivity index (χ0n) is 9.30. The van der Waals surface area contributed by atoms with E-state index < -0.39 is 15.3 Å². The molecule has 0 aliphatic heterocycles. The van der Waals surface area contributed by atoms with Crippen molar-refractivity contribution < 1.29 is 12.9 Å². The summed E-state index contributed by atoms with van der Waals surface area (Å²) in [6, 6.07) is 0. The van der Waals surface area contributed by atoms with Gasteiger partial charge in [0.2, 0.25) is 15.9 Å². The molecule has 8 heteroatoms. The Morgan fingerprint density at radius 2 is 2.31 bits per heavy atom. The van der Waals surface area contributed by atoms with Crippen LogP contribution in [0.3, 0.4) is 0 Å². The zero-order valence-corrected chi connectivity index (χ0v) is 10.1. The Labute approximate surface area is 94.7 Å². The Balaban J connectivity index is 2.36. The van der Waals surface area contributed by atoms with Crippen molar-refractivity contribution in [3.05, 3.63) is 12.2 Å². The molecule has 0 amide bonds. The second-order valence-electron chi connectivity index (χ2n) is 3.39. The Hall–Kier alpha value is -0.990. The van der Waals surface area contributed by atoms with E-state index in [1.807, 2.05) is 0 Å². The Kier molecular flexibility index (Phi) is 4.84.